The van der Waals surface area contributed by atoms with Crippen LogP contribution in [-0.4, -0.2) is 36.2 Å². The van der Waals surface area contributed by atoms with E-state index in [0.29, 0.717) is 11.7 Å². The smallest absolute Gasteiger partial charge is 0.120 e. The highest BCUT2D eigenvalue weighted by molar-refractivity contribution is 9.10. The van der Waals surface area contributed by atoms with Crippen LogP contribution in [0.4, 0.5) is 0 Å². The SMILES string of the molecule is CC(C)c1cc(O)c(CN2CCNCC2)cc1Br. The van der Waals surface area contributed by atoms with Crippen molar-refractivity contribution < 1.29 is 5.11 Å². The first-order chi connectivity index (χ1) is 8.58. The lowest BCUT2D eigenvalue weighted by atomic mass is 10.0. The number of hydrogen-bond acceptors (Lipinski definition) is 3. The maximum absolute atomic E-state index is 10.1. The molecule has 0 spiro atoms. The van der Waals surface area contributed by atoms with Gasteiger partial charge in [-0.2, -0.15) is 0 Å². The van der Waals surface area contributed by atoms with Crippen LogP contribution >= 0.6 is 15.9 Å². The number of phenols is 1. The second-order valence-corrected chi connectivity index (χ2v) is 6.04. The molecule has 1 aliphatic rings. The fraction of sp³-hybridized carbons (Fsp3) is 0.571. The Hall–Kier alpha value is -0.580. The number of benzene rings is 1. The summed E-state index contributed by atoms with van der Waals surface area (Å²) in [6.45, 7) is 9.25. The van der Waals surface area contributed by atoms with Gasteiger partial charge >= 0.3 is 0 Å². The Labute approximate surface area is 117 Å². The monoisotopic (exact) mass is 312 g/mol. The molecule has 0 aliphatic carbocycles. The number of hydrogen-bond donors (Lipinski definition) is 2. The first-order valence-electron chi connectivity index (χ1n) is 6.52. The molecule has 4 heteroatoms. The minimum absolute atomic E-state index is 0.415. The van der Waals surface area contributed by atoms with Crippen LogP contribution in [0.2, 0.25) is 0 Å². The molecule has 1 aliphatic heterocycles. The normalized spacial score (nSPS) is 17.3. The van der Waals surface area contributed by atoms with Crippen LogP contribution in [0.1, 0.15) is 30.9 Å². The largest absolute Gasteiger partial charge is 0.508 e. The highest BCUT2D eigenvalue weighted by Crippen LogP contribution is 2.32. The molecule has 1 fully saturated rings. The van der Waals surface area contributed by atoms with E-state index in [1.54, 1.807) is 0 Å². The first kappa shape index (κ1) is 13.8. The van der Waals surface area contributed by atoms with E-state index in [1.165, 1.54) is 0 Å². The van der Waals surface area contributed by atoms with Crippen LogP contribution in [-0.2, 0) is 6.54 Å². The molecule has 0 unspecified atom stereocenters. The fourth-order valence-electron chi connectivity index (χ4n) is 2.30. The Morgan fingerprint density at radius 1 is 1.33 bits per heavy atom. The summed E-state index contributed by atoms with van der Waals surface area (Å²) in [6.07, 6.45) is 0. The maximum Gasteiger partial charge on any atom is 0.120 e. The Morgan fingerprint density at radius 3 is 2.61 bits per heavy atom. The predicted octanol–water partition coefficient (Wildman–Crippen LogP) is 2.68. The van der Waals surface area contributed by atoms with Crippen molar-refractivity contribution in [2.45, 2.75) is 26.3 Å². The zero-order chi connectivity index (χ0) is 13.1. The van der Waals surface area contributed by atoms with Crippen molar-refractivity contribution in [3.63, 3.8) is 0 Å². The van der Waals surface area contributed by atoms with Gasteiger partial charge in [0, 0.05) is 42.8 Å². The van der Waals surface area contributed by atoms with Crippen molar-refractivity contribution in [2.24, 2.45) is 0 Å². The van der Waals surface area contributed by atoms with Gasteiger partial charge in [-0.25, -0.2) is 0 Å². The maximum atomic E-state index is 10.1. The van der Waals surface area contributed by atoms with E-state index in [0.717, 1.165) is 48.3 Å². The summed E-state index contributed by atoms with van der Waals surface area (Å²) in [5, 5.41) is 13.5. The number of nitrogens with one attached hydrogen (secondary N) is 1. The van der Waals surface area contributed by atoms with E-state index in [1.807, 2.05) is 6.07 Å². The number of phenolic OH excluding ortho intramolecular Hbond substituents is 1. The third-order valence-corrected chi connectivity index (χ3v) is 4.11. The second-order valence-electron chi connectivity index (χ2n) is 5.18. The number of piperazine rings is 1. The number of aromatic hydroxyl groups is 1. The number of rotatable bonds is 3. The van der Waals surface area contributed by atoms with Gasteiger partial charge in [-0.05, 0) is 23.6 Å². The number of halogens is 1. The Kier molecular flexibility index (Phi) is 4.65. The summed E-state index contributed by atoms with van der Waals surface area (Å²) in [5.41, 5.74) is 2.17. The first-order valence-corrected chi connectivity index (χ1v) is 7.31. The van der Waals surface area contributed by atoms with Crippen LogP contribution in [0.15, 0.2) is 16.6 Å². The molecule has 0 radical (unpaired) electrons. The Balaban J connectivity index is 2.15. The van der Waals surface area contributed by atoms with Gasteiger partial charge in [0.15, 0.2) is 0 Å². The van der Waals surface area contributed by atoms with Crippen LogP contribution in [0, 0.1) is 0 Å². The summed E-state index contributed by atoms with van der Waals surface area (Å²) in [7, 11) is 0. The molecule has 100 valence electrons. The van der Waals surface area contributed by atoms with Gasteiger partial charge < -0.3 is 10.4 Å². The van der Waals surface area contributed by atoms with Crippen LogP contribution in [0.25, 0.3) is 0 Å². The van der Waals surface area contributed by atoms with Crippen LogP contribution in [0.3, 0.4) is 0 Å². The van der Waals surface area contributed by atoms with Crippen LogP contribution in [0.5, 0.6) is 5.75 Å². The Bertz CT molecular complexity index is 415. The quantitative estimate of drug-likeness (QED) is 0.901. The van der Waals surface area contributed by atoms with Gasteiger partial charge in [0.1, 0.15) is 5.75 Å². The second kappa shape index (κ2) is 6.04. The third-order valence-electron chi connectivity index (χ3n) is 3.42. The molecular formula is C14H21BrN2O. The Morgan fingerprint density at radius 2 is 2.00 bits per heavy atom. The molecule has 1 heterocycles. The molecular weight excluding hydrogens is 292 g/mol. The summed E-state index contributed by atoms with van der Waals surface area (Å²) in [5.74, 6) is 0.832. The van der Waals surface area contributed by atoms with Gasteiger partial charge in [0.25, 0.3) is 0 Å². The minimum Gasteiger partial charge on any atom is -0.508 e. The van der Waals surface area contributed by atoms with E-state index in [-0.39, 0.29) is 0 Å². The van der Waals surface area contributed by atoms with E-state index in [4.69, 9.17) is 0 Å². The molecule has 0 atom stereocenters. The standard InChI is InChI=1S/C14H21BrN2O/c1-10(2)12-8-14(18)11(7-13(12)15)9-17-5-3-16-4-6-17/h7-8,10,16,18H,3-6,9H2,1-2H3. The third kappa shape index (κ3) is 3.25. The zero-order valence-electron chi connectivity index (χ0n) is 11.0. The predicted molar refractivity (Wildman–Crippen MR) is 78.0 cm³/mol. The van der Waals surface area contributed by atoms with Crippen molar-refractivity contribution in [2.75, 3.05) is 26.2 Å². The molecule has 2 rings (SSSR count). The average molecular weight is 313 g/mol. The van der Waals surface area contributed by atoms with E-state index >= 15 is 0 Å². The number of nitrogens with zero attached hydrogens (tertiary/aromatic N) is 1. The summed E-state index contributed by atoms with van der Waals surface area (Å²) in [4.78, 5) is 2.37. The molecule has 2 N–H and O–H groups in total. The van der Waals surface area contributed by atoms with Gasteiger partial charge in [-0.1, -0.05) is 29.8 Å². The molecule has 0 saturated carbocycles. The van der Waals surface area contributed by atoms with Crippen molar-refractivity contribution in [3.05, 3.63) is 27.7 Å². The summed E-state index contributed by atoms with van der Waals surface area (Å²) < 4.78 is 1.10. The van der Waals surface area contributed by atoms with Gasteiger partial charge in [-0.3, -0.25) is 4.90 Å². The lowest BCUT2D eigenvalue weighted by Crippen LogP contribution is -2.42. The molecule has 0 bridgehead atoms. The van der Waals surface area contributed by atoms with E-state index < -0.39 is 0 Å². The molecule has 1 aromatic rings. The fourth-order valence-corrected chi connectivity index (χ4v) is 3.15. The lowest BCUT2D eigenvalue weighted by molar-refractivity contribution is 0.230. The van der Waals surface area contributed by atoms with Crippen molar-refractivity contribution in [1.29, 1.82) is 0 Å². The van der Waals surface area contributed by atoms with Gasteiger partial charge in [0.2, 0.25) is 0 Å². The van der Waals surface area contributed by atoms with Crippen molar-refractivity contribution >= 4 is 15.9 Å². The van der Waals surface area contributed by atoms with Gasteiger partial charge in [0.05, 0.1) is 0 Å². The average Bonchev–Trinajstić information content (AvgIpc) is 2.34. The summed E-state index contributed by atoms with van der Waals surface area (Å²) >= 11 is 3.60. The molecule has 1 saturated heterocycles. The molecule has 18 heavy (non-hydrogen) atoms. The molecule has 0 aromatic heterocycles. The topological polar surface area (TPSA) is 35.5 Å². The zero-order valence-corrected chi connectivity index (χ0v) is 12.6. The highest BCUT2D eigenvalue weighted by Gasteiger charge is 2.15. The molecule has 3 nitrogen and oxygen atoms in total. The van der Waals surface area contributed by atoms with E-state index in [9.17, 15) is 5.11 Å². The van der Waals surface area contributed by atoms with Crippen LogP contribution < -0.4 is 5.32 Å². The minimum atomic E-state index is 0.415. The summed E-state index contributed by atoms with van der Waals surface area (Å²) in [6, 6.07) is 3.96. The van der Waals surface area contributed by atoms with Crippen molar-refractivity contribution in [1.82, 2.24) is 10.2 Å². The molecule has 0 amide bonds. The lowest BCUT2D eigenvalue weighted by Gasteiger charge is -2.27. The highest BCUT2D eigenvalue weighted by atomic mass is 79.9. The van der Waals surface area contributed by atoms with Gasteiger partial charge in [-0.15, -0.1) is 0 Å². The molecule has 1 aromatic carbocycles. The van der Waals surface area contributed by atoms with Crippen molar-refractivity contribution in [3.8, 4) is 5.75 Å². The van der Waals surface area contributed by atoms with E-state index in [2.05, 4.69) is 46.1 Å².